The molecule has 0 bridgehead atoms. The van der Waals surface area contributed by atoms with E-state index >= 15 is 0 Å². The average Bonchev–Trinajstić information content (AvgIpc) is 3.37. The van der Waals surface area contributed by atoms with E-state index in [1.807, 2.05) is 56.0 Å². The number of nitrogens with zero attached hydrogens (tertiary/aromatic N) is 4. The zero-order valence-electron chi connectivity index (χ0n) is 25.1. The van der Waals surface area contributed by atoms with Crippen molar-refractivity contribution in [3.05, 3.63) is 88.2 Å². The second kappa shape index (κ2) is 13.1. The van der Waals surface area contributed by atoms with Crippen LogP contribution >= 0.6 is 0 Å². The normalized spacial score (nSPS) is 17.9. The zero-order chi connectivity index (χ0) is 29.9. The molecule has 5 rings (SSSR count). The number of amides is 1. The Morgan fingerprint density at radius 3 is 2.36 bits per heavy atom. The van der Waals surface area contributed by atoms with Crippen LogP contribution in [0, 0.1) is 20.8 Å². The molecule has 9 nitrogen and oxygen atoms in total. The minimum atomic E-state index is -3.68. The highest BCUT2D eigenvalue weighted by Gasteiger charge is 2.34. The van der Waals surface area contributed by atoms with Gasteiger partial charge in [-0.1, -0.05) is 48.0 Å². The average molecular weight is 595 g/mol. The second-order valence-corrected chi connectivity index (χ2v) is 13.3. The molecule has 42 heavy (non-hydrogen) atoms. The SMILES string of the molecule is Cc1cc(C)c(S(=O)(=O)N(C)CCOCC(=O)N2CCn3c(CN4CCOCC4)ccc3C2c2ccccc2)c(C)c1. The third-order valence-electron chi connectivity index (χ3n) is 8.24. The summed E-state index contributed by atoms with van der Waals surface area (Å²) in [6.07, 6.45) is 0. The molecule has 1 saturated heterocycles. The number of likely N-dealkylation sites (N-methyl/N-ethyl adjacent to an activating group) is 1. The van der Waals surface area contributed by atoms with Gasteiger partial charge in [0, 0.05) is 57.7 Å². The number of hydrogen-bond donors (Lipinski definition) is 0. The van der Waals surface area contributed by atoms with Crippen LogP contribution in [0.2, 0.25) is 0 Å². The first-order valence-corrected chi connectivity index (χ1v) is 16.1. The first-order chi connectivity index (χ1) is 20.2. The summed E-state index contributed by atoms with van der Waals surface area (Å²) in [5.41, 5.74) is 5.88. The molecule has 3 aromatic rings. The van der Waals surface area contributed by atoms with Crippen molar-refractivity contribution in [1.82, 2.24) is 18.7 Å². The van der Waals surface area contributed by atoms with Gasteiger partial charge in [-0.15, -0.1) is 0 Å². The van der Waals surface area contributed by atoms with Gasteiger partial charge in [0.2, 0.25) is 15.9 Å². The molecule has 226 valence electrons. The molecule has 10 heteroatoms. The van der Waals surface area contributed by atoms with E-state index in [2.05, 4.69) is 33.7 Å². The Hall–Kier alpha value is -3.02. The van der Waals surface area contributed by atoms with E-state index in [1.54, 1.807) is 7.05 Å². The minimum Gasteiger partial charge on any atom is -0.379 e. The molecule has 0 aliphatic carbocycles. The van der Waals surface area contributed by atoms with E-state index in [0.29, 0.717) is 18.0 Å². The molecule has 2 aliphatic heterocycles. The summed E-state index contributed by atoms with van der Waals surface area (Å²) in [6, 6.07) is 18.0. The van der Waals surface area contributed by atoms with Crippen LogP contribution < -0.4 is 0 Å². The lowest BCUT2D eigenvalue weighted by molar-refractivity contribution is -0.139. The molecule has 1 atom stereocenters. The molecule has 1 aromatic heterocycles. The van der Waals surface area contributed by atoms with Crippen molar-refractivity contribution in [2.45, 2.75) is 44.8 Å². The van der Waals surface area contributed by atoms with Crippen molar-refractivity contribution in [1.29, 1.82) is 0 Å². The van der Waals surface area contributed by atoms with Crippen LogP contribution in [0.5, 0.6) is 0 Å². The Bertz CT molecular complexity index is 1480. The first kappa shape index (κ1) is 30.4. The number of rotatable bonds is 10. The lowest BCUT2D eigenvalue weighted by Crippen LogP contribution is -2.45. The molecular weight excluding hydrogens is 552 g/mol. The summed E-state index contributed by atoms with van der Waals surface area (Å²) in [7, 11) is -2.13. The number of hydrogen-bond acceptors (Lipinski definition) is 6. The maximum Gasteiger partial charge on any atom is 0.249 e. The summed E-state index contributed by atoms with van der Waals surface area (Å²) in [5.74, 6) is -0.109. The number of aromatic nitrogens is 1. The summed E-state index contributed by atoms with van der Waals surface area (Å²) in [5, 5.41) is 0. The fourth-order valence-corrected chi connectivity index (χ4v) is 7.76. The van der Waals surface area contributed by atoms with Crippen LogP contribution in [0.15, 0.2) is 59.5 Å². The van der Waals surface area contributed by atoms with E-state index in [-0.39, 0.29) is 31.7 Å². The number of carbonyl (C=O) groups excluding carboxylic acids is 1. The fourth-order valence-electron chi connectivity index (χ4n) is 6.20. The van der Waals surface area contributed by atoms with Gasteiger partial charge in [-0.3, -0.25) is 9.69 Å². The van der Waals surface area contributed by atoms with Gasteiger partial charge in [-0.05, 0) is 49.6 Å². The lowest BCUT2D eigenvalue weighted by atomic mass is 10.00. The van der Waals surface area contributed by atoms with Crippen molar-refractivity contribution in [2.24, 2.45) is 0 Å². The van der Waals surface area contributed by atoms with Crippen LogP contribution in [0.3, 0.4) is 0 Å². The number of carbonyl (C=O) groups is 1. The Kier molecular flexibility index (Phi) is 9.49. The van der Waals surface area contributed by atoms with E-state index in [9.17, 15) is 13.2 Å². The standard InChI is InChI=1S/C32H42N4O5S/c1-24-20-25(2)32(26(3)21-24)42(38,39)33(4)14-17-41-23-30(37)36-13-12-35-28(22-34-15-18-40-19-16-34)10-11-29(35)31(36)27-8-6-5-7-9-27/h5-11,20-21,31H,12-19,22-23H2,1-4H3. The molecular formula is C32H42N4O5S. The van der Waals surface area contributed by atoms with Gasteiger partial charge >= 0.3 is 0 Å². The van der Waals surface area contributed by atoms with Gasteiger partial charge in [0.25, 0.3) is 0 Å². The van der Waals surface area contributed by atoms with Crippen LogP contribution in [0.25, 0.3) is 0 Å². The largest absolute Gasteiger partial charge is 0.379 e. The number of fused-ring (bicyclic) bond motifs is 1. The Morgan fingerprint density at radius 1 is 0.976 bits per heavy atom. The smallest absolute Gasteiger partial charge is 0.249 e. The molecule has 2 aromatic carbocycles. The minimum absolute atomic E-state index is 0.109. The number of sulfonamides is 1. The Morgan fingerprint density at radius 2 is 1.67 bits per heavy atom. The Balaban J connectivity index is 1.24. The van der Waals surface area contributed by atoms with E-state index in [4.69, 9.17) is 9.47 Å². The molecule has 0 radical (unpaired) electrons. The number of benzene rings is 2. The molecule has 0 N–H and O–H groups in total. The quantitative estimate of drug-likeness (QED) is 0.334. The highest BCUT2D eigenvalue weighted by Crippen LogP contribution is 2.34. The molecule has 0 spiro atoms. The lowest BCUT2D eigenvalue weighted by Gasteiger charge is -2.38. The summed E-state index contributed by atoms with van der Waals surface area (Å²) in [4.78, 5) is 18.2. The monoisotopic (exact) mass is 594 g/mol. The van der Waals surface area contributed by atoms with Crippen molar-refractivity contribution < 1.29 is 22.7 Å². The summed E-state index contributed by atoms with van der Waals surface area (Å²) >= 11 is 0. The predicted octanol–water partition coefficient (Wildman–Crippen LogP) is 3.51. The van der Waals surface area contributed by atoms with Crippen LogP contribution in [-0.2, 0) is 37.4 Å². The van der Waals surface area contributed by atoms with Gasteiger partial charge in [0.1, 0.15) is 6.61 Å². The van der Waals surface area contributed by atoms with Crippen LogP contribution in [0.4, 0.5) is 0 Å². The maximum absolute atomic E-state index is 13.5. The van der Waals surface area contributed by atoms with Crippen molar-refractivity contribution in [3.8, 4) is 0 Å². The first-order valence-electron chi connectivity index (χ1n) is 14.6. The zero-order valence-corrected chi connectivity index (χ0v) is 25.9. The molecule has 0 saturated carbocycles. The number of aryl methyl sites for hydroxylation is 3. The van der Waals surface area contributed by atoms with Gasteiger partial charge in [0.05, 0.1) is 30.8 Å². The molecule has 2 aliphatic rings. The Labute approximate surface area is 249 Å². The van der Waals surface area contributed by atoms with E-state index in [1.165, 1.54) is 10.00 Å². The molecule has 1 unspecified atom stereocenters. The van der Waals surface area contributed by atoms with Crippen molar-refractivity contribution in [3.63, 3.8) is 0 Å². The number of morpholine rings is 1. The van der Waals surface area contributed by atoms with Crippen LogP contribution in [-0.4, -0.2) is 92.7 Å². The molecule has 3 heterocycles. The van der Waals surface area contributed by atoms with Crippen LogP contribution in [0.1, 0.15) is 39.7 Å². The number of ether oxygens (including phenoxy) is 2. The topological polar surface area (TPSA) is 84.3 Å². The van der Waals surface area contributed by atoms with Gasteiger partial charge in [-0.2, -0.15) is 4.31 Å². The third-order valence-corrected chi connectivity index (χ3v) is 10.4. The van der Waals surface area contributed by atoms with Crippen molar-refractivity contribution in [2.75, 3.05) is 59.7 Å². The third kappa shape index (κ3) is 6.48. The fraction of sp³-hybridized carbons (Fsp3) is 0.469. The second-order valence-electron chi connectivity index (χ2n) is 11.3. The van der Waals surface area contributed by atoms with E-state index in [0.717, 1.165) is 60.8 Å². The maximum atomic E-state index is 13.5. The summed E-state index contributed by atoms with van der Waals surface area (Å²) < 4.78 is 41.5. The summed E-state index contributed by atoms with van der Waals surface area (Å²) in [6.45, 7) is 11.3. The van der Waals surface area contributed by atoms with Crippen molar-refractivity contribution >= 4 is 15.9 Å². The van der Waals surface area contributed by atoms with Gasteiger partial charge in [0.15, 0.2) is 0 Å². The highest BCUT2D eigenvalue weighted by molar-refractivity contribution is 7.89. The highest BCUT2D eigenvalue weighted by atomic mass is 32.2. The molecule has 1 fully saturated rings. The van der Waals surface area contributed by atoms with Gasteiger partial charge < -0.3 is 18.9 Å². The predicted molar refractivity (Wildman–Crippen MR) is 162 cm³/mol. The van der Waals surface area contributed by atoms with E-state index < -0.39 is 10.0 Å². The van der Waals surface area contributed by atoms with Gasteiger partial charge in [-0.25, -0.2) is 8.42 Å². The molecule has 1 amide bonds.